The number of nitrogens with one attached hydrogen (secondary N) is 1. The van der Waals surface area contributed by atoms with Crippen LogP contribution in [-0.2, 0) is 26.6 Å². The number of hydrogen-bond donors (Lipinski definition) is 1. The summed E-state index contributed by atoms with van der Waals surface area (Å²) >= 11 is 5.85. The van der Waals surface area contributed by atoms with E-state index in [4.69, 9.17) is 16.3 Å². The molecule has 0 saturated carbocycles. The topological polar surface area (TPSA) is 61.1 Å². The van der Waals surface area contributed by atoms with E-state index in [-0.39, 0.29) is 37.0 Å². The van der Waals surface area contributed by atoms with E-state index in [0.717, 1.165) is 36.4 Å². The zero-order valence-corrected chi connectivity index (χ0v) is 19.8. The minimum atomic E-state index is -0.142. The molecule has 0 spiro atoms. The quantitative estimate of drug-likeness (QED) is 0.456. The summed E-state index contributed by atoms with van der Waals surface area (Å²) in [6.07, 6.45) is 4.34. The molecule has 0 amide bonds. The second-order valence-electron chi connectivity index (χ2n) is 7.44. The number of benzene rings is 1. The molecular formula is C23H23Cl3N4O2. The van der Waals surface area contributed by atoms with Gasteiger partial charge in [0.2, 0.25) is 0 Å². The molecule has 0 unspecified atom stereocenters. The van der Waals surface area contributed by atoms with Gasteiger partial charge in [0.05, 0.1) is 21.9 Å². The lowest BCUT2D eigenvalue weighted by atomic mass is 10.1. The van der Waals surface area contributed by atoms with Crippen LogP contribution < -0.4 is 15.6 Å². The Balaban J connectivity index is 0.00000144. The van der Waals surface area contributed by atoms with Gasteiger partial charge in [-0.05, 0) is 35.9 Å². The zero-order chi connectivity index (χ0) is 20.7. The van der Waals surface area contributed by atoms with Crippen LogP contribution in [0.2, 0.25) is 5.02 Å². The van der Waals surface area contributed by atoms with Crippen molar-refractivity contribution in [3.05, 3.63) is 87.2 Å². The van der Waals surface area contributed by atoms with Crippen molar-refractivity contribution in [2.75, 3.05) is 6.54 Å². The van der Waals surface area contributed by atoms with Crippen LogP contribution in [0.25, 0.3) is 16.6 Å². The predicted octanol–water partition coefficient (Wildman–Crippen LogP) is 4.45. The van der Waals surface area contributed by atoms with Crippen molar-refractivity contribution in [2.24, 2.45) is 7.05 Å². The zero-order valence-electron chi connectivity index (χ0n) is 17.4. The first kappa shape index (κ1) is 24.1. The molecule has 1 aliphatic rings. The third kappa shape index (κ3) is 4.50. The van der Waals surface area contributed by atoms with E-state index in [1.165, 1.54) is 22.7 Å². The number of ether oxygens (including phenoxy) is 1. The Morgan fingerprint density at radius 2 is 2.00 bits per heavy atom. The number of aryl methyl sites for hydroxylation is 1. The van der Waals surface area contributed by atoms with Gasteiger partial charge in [-0.25, -0.2) is 0 Å². The summed E-state index contributed by atoms with van der Waals surface area (Å²) in [4.78, 5) is 16.9. The lowest BCUT2D eigenvalue weighted by Crippen LogP contribution is -2.24. The van der Waals surface area contributed by atoms with Gasteiger partial charge in [0.25, 0.3) is 5.56 Å². The molecule has 168 valence electrons. The second kappa shape index (κ2) is 9.96. The van der Waals surface area contributed by atoms with E-state index in [2.05, 4.69) is 34.0 Å². The van der Waals surface area contributed by atoms with Crippen LogP contribution in [0.5, 0.6) is 5.75 Å². The second-order valence-corrected chi connectivity index (χ2v) is 7.88. The Morgan fingerprint density at radius 3 is 2.75 bits per heavy atom. The number of fused-ring (bicyclic) bond motifs is 3. The maximum Gasteiger partial charge on any atom is 0.258 e. The minimum absolute atomic E-state index is 0. The summed E-state index contributed by atoms with van der Waals surface area (Å²) in [5.41, 5.74) is 5.31. The fraction of sp³-hybridized carbons (Fsp3) is 0.217. The van der Waals surface area contributed by atoms with Gasteiger partial charge in [-0.3, -0.25) is 14.3 Å². The Labute approximate surface area is 203 Å². The molecule has 0 fully saturated rings. The highest BCUT2D eigenvalue weighted by Gasteiger charge is 2.18. The third-order valence-corrected chi connectivity index (χ3v) is 5.83. The number of nitrogens with zero attached hydrogens (tertiary/aromatic N) is 3. The molecule has 9 heteroatoms. The molecule has 0 aliphatic carbocycles. The van der Waals surface area contributed by atoms with Gasteiger partial charge in [-0.2, -0.15) is 0 Å². The largest absolute Gasteiger partial charge is 0.487 e. The number of aromatic nitrogens is 3. The highest BCUT2D eigenvalue weighted by Crippen LogP contribution is 2.29. The van der Waals surface area contributed by atoms with Gasteiger partial charge < -0.3 is 14.6 Å². The normalized spacial score (nSPS) is 12.6. The monoisotopic (exact) mass is 492 g/mol. The molecule has 6 nitrogen and oxygen atoms in total. The van der Waals surface area contributed by atoms with Crippen molar-refractivity contribution in [3.63, 3.8) is 0 Å². The predicted molar refractivity (Wildman–Crippen MR) is 132 cm³/mol. The Kier molecular flexibility index (Phi) is 7.51. The van der Waals surface area contributed by atoms with Crippen LogP contribution in [0.4, 0.5) is 0 Å². The molecule has 0 saturated heterocycles. The number of hydrogen-bond acceptors (Lipinski definition) is 4. The van der Waals surface area contributed by atoms with Crippen molar-refractivity contribution in [3.8, 4) is 11.4 Å². The lowest BCUT2D eigenvalue weighted by Gasteiger charge is -2.14. The van der Waals surface area contributed by atoms with Crippen molar-refractivity contribution >= 4 is 47.3 Å². The number of rotatable bonds is 4. The van der Waals surface area contributed by atoms with Crippen LogP contribution in [0.3, 0.4) is 0 Å². The van der Waals surface area contributed by atoms with E-state index in [1.807, 2.05) is 6.07 Å². The molecule has 4 aromatic rings. The molecule has 1 aromatic carbocycles. The summed E-state index contributed by atoms with van der Waals surface area (Å²) in [5.74, 6) is 0.509. The average molecular weight is 494 g/mol. The van der Waals surface area contributed by atoms with Gasteiger partial charge in [0, 0.05) is 56.1 Å². The summed E-state index contributed by atoms with van der Waals surface area (Å²) in [6.45, 7) is 2.16. The lowest BCUT2D eigenvalue weighted by molar-refractivity contribution is 0.300. The van der Waals surface area contributed by atoms with Crippen molar-refractivity contribution in [1.82, 2.24) is 19.4 Å². The highest BCUT2D eigenvalue weighted by atomic mass is 35.5. The highest BCUT2D eigenvalue weighted by molar-refractivity contribution is 6.30. The fourth-order valence-corrected chi connectivity index (χ4v) is 4.17. The summed E-state index contributed by atoms with van der Waals surface area (Å²) in [5, 5.41) is 5.26. The standard InChI is InChI=1S/C23H21ClN4O2.2ClH/c1-27-21-6-8-25-13-20(21)19-5-4-17(10-22(19)27)28-9-7-18(11-23(28)29)30-14-16-3-2-15(24)12-26-16;;/h2-5,7,9-12,25H,6,8,13-14H2,1H3;2*1H. The Bertz CT molecular complexity index is 1300. The number of pyridine rings is 2. The van der Waals surface area contributed by atoms with E-state index < -0.39 is 0 Å². The molecule has 4 heterocycles. The molecule has 0 bridgehead atoms. The molecule has 0 atom stereocenters. The van der Waals surface area contributed by atoms with Gasteiger partial charge in [-0.15, -0.1) is 24.8 Å². The van der Waals surface area contributed by atoms with Crippen LogP contribution in [0.1, 0.15) is 17.0 Å². The van der Waals surface area contributed by atoms with Gasteiger partial charge in [0.1, 0.15) is 12.4 Å². The molecule has 1 aliphatic heterocycles. The van der Waals surface area contributed by atoms with Crippen molar-refractivity contribution < 1.29 is 4.74 Å². The molecule has 32 heavy (non-hydrogen) atoms. The third-order valence-electron chi connectivity index (χ3n) is 5.61. The van der Waals surface area contributed by atoms with Gasteiger partial charge in [-0.1, -0.05) is 17.7 Å². The average Bonchev–Trinajstić information content (AvgIpc) is 3.05. The van der Waals surface area contributed by atoms with E-state index >= 15 is 0 Å². The molecule has 1 N–H and O–H groups in total. The fourth-order valence-electron chi connectivity index (χ4n) is 4.05. The van der Waals surface area contributed by atoms with Crippen molar-refractivity contribution in [2.45, 2.75) is 19.6 Å². The first-order chi connectivity index (χ1) is 14.6. The first-order valence-corrected chi connectivity index (χ1v) is 10.3. The van der Waals surface area contributed by atoms with Crippen molar-refractivity contribution in [1.29, 1.82) is 0 Å². The number of halogens is 3. The summed E-state index contributed by atoms with van der Waals surface area (Å²) in [7, 11) is 2.10. The maximum atomic E-state index is 12.7. The van der Waals surface area contributed by atoms with Crippen LogP contribution in [0.15, 0.2) is 59.7 Å². The van der Waals surface area contributed by atoms with E-state index in [1.54, 1.807) is 35.2 Å². The maximum absolute atomic E-state index is 12.7. The molecule has 3 aromatic heterocycles. The van der Waals surface area contributed by atoms with E-state index in [9.17, 15) is 4.79 Å². The molecule has 5 rings (SSSR count). The Hall–Kier alpha value is -2.51. The molecular weight excluding hydrogens is 471 g/mol. The van der Waals surface area contributed by atoms with E-state index in [0.29, 0.717) is 10.8 Å². The SMILES string of the molecule is Cl.Cl.Cn1c2c(c3ccc(-n4ccc(OCc5ccc(Cl)cn5)cc4=O)cc31)CNCC2. The summed E-state index contributed by atoms with van der Waals surface area (Å²) < 4.78 is 9.60. The van der Waals surface area contributed by atoms with Crippen LogP contribution in [-0.4, -0.2) is 20.7 Å². The Morgan fingerprint density at radius 1 is 1.16 bits per heavy atom. The summed E-state index contributed by atoms with van der Waals surface area (Å²) in [6, 6.07) is 13.0. The van der Waals surface area contributed by atoms with Gasteiger partial charge in [0.15, 0.2) is 0 Å². The minimum Gasteiger partial charge on any atom is -0.487 e. The smallest absolute Gasteiger partial charge is 0.258 e. The van der Waals surface area contributed by atoms with Gasteiger partial charge >= 0.3 is 0 Å². The molecule has 0 radical (unpaired) electrons. The first-order valence-electron chi connectivity index (χ1n) is 9.87. The van der Waals surface area contributed by atoms with Crippen LogP contribution >= 0.6 is 36.4 Å². The van der Waals surface area contributed by atoms with Crippen LogP contribution in [0, 0.1) is 0 Å².